The molecule has 2 aromatic rings. The maximum Gasteiger partial charge on any atom is 0.238 e. The molecule has 0 saturated carbocycles. The molecule has 1 heterocycles. The first-order chi connectivity index (χ1) is 8.29. The molecule has 1 amide bonds. The van der Waals surface area contributed by atoms with Gasteiger partial charge in [0.25, 0.3) is 0 Å². The van der Waals surface area contributed by atoms with E-state index in [-0.39, 0.29) is 22.9 Å². The Bertz CT molecular complexity index is 501. The molecule has 0 saturated heterocycles. The largest absolute Gasteiger partial charge is 0.273 e. The van der Waals surface area contributed by atoms with Crippen molar-refractivity contribution in [2.45, 2.75) is 13.3 Å². The van der Waals surface area contributed by atoms with Gasteiger partial charge in [-0.25, -0.2) is 4.98 Å². The van der Waals surface area contributed by atoms with Crippen molar-refractivity contribution in [3.63, 3.8) is 0 Å². The van der Waals surface area contributed by atoms with Crippen LogP contribution in [-0.2, 0) is 4.79 Å². The van der Waals surface area contributed by atoms with Crippen LogP contribution in [0.3, 0.4) is 0 Å². The van der Waals surface area contributed by atoms with Crippen LogP contribution in [0, 0.1) is 0 Å². The molecule has 0 aliphatic carbocycles. The van der Waals surface area contributed by atoms with E-state index in [4.69, 9.17) is 0 Å². The summed E-state index contributed by atoms with van der Waals surface area (Å²) in [4.78, 5) is 15.4. The maximum atomic E-state index is 11.1. The Labute approximate surface area is 120 Å². The number of benzene rings is 1. The molecule has 0 aliphatic heterocycles. The zero-order chi connectivity index (χ0) is 12.1. The van der Waals surface area contributed by atoms with Gasteiger partial charge >= 0.3 is 0 Å². The molecule has 18 heavy (non-hydrogen) atoms. The normalized spacial score (nSPS) is 9.39. The van der Waals surface area contributed by atoms with E-state index in [1.807, 2.05) is 35.7 Å². The average Bonchev–Trinajstić information content (AvgIpc) is 2.86. The lowest BCUT2D eigenvalue weighted by Gasteiger charge is -2.02. The molecule has 96 valence electrons. The van der Waals surface area contributed by atoms with Crippen molar-refractivity contribution in [2.75, 3.05) is 5.43 Å². The standard InChI is InChI=1S/C12H13N3OS.BrH/c1-2-11(16)14-15-12-13-10(8-17-12)9-6-4-3-5-7-9;/h3-8H,2H2,1H3,(H,13,15)(H,14,16);1H. The van der Waals surface area contributed by atoms with Gasteiger partial charge in [-0.2, -0.15) is 0 Å². The van der Waals surface area contributed by atoms with Crippen LogP contribution in [0.15, 0.2) is 35.7 Å². The van der Waals surface area contributed by atoms with Gasteiger partial charge in [0.05, 0.1) is 5.69 Å². The van der Waals surface area contributed by atoms with Crippen LogP contribution in [0.2, 0.25) is 0 Å². The number of aromatic nitrogens is 1. The van der Waals surface area contributed by atoms with Gasteiger partial charge in [0.2, 0.25) is 11.0 Å². The molecule has 2 rings (SSSR count). The highest BCUT2D eigenvalue weighted by Gasteiger charge is 2.04. The molecule has 2 N–H and O–H groups in total. The fourth-order valence-corrected chi connectivity index (χ4v) is 1.96. The van der Waals surface area contributed by atoms with Crippen LogP contribution in [0.25, 0.3) is 11.3 Å². The summed E-state index contributed by atoms with van der Waals surface area (Å²) in [7, 11) is 0. The Morgan fingerprint density at radius 2 is 2.06 bits per heavy atom. The number of amides is 1. The lowest BCUT2D eigenvalue weighted by molar-refractivity contribution is -0.120. The molecule has 0 radical (unpaired) electrons. The van der Waals surface area contributed by atoms with E-state index >= 15 is 0 Å². The summed E-state index contributed by atoms with van der Waals surface area (Å²) in [6.07, 6.45) is 0.448. The van der Waals surface area contributed by atoms with Crippen LogP contribution in [0.1, 0.15) is 13.3 Å². The number of hydrogen-bond donors (Lipinski definition) is 2. The first kappa shape index (κ1) is 14.7. The van der Waals surface area contributed by atoms with E-state index in [9.17, 15) is 4.79 Å². The number of rotatable bonds is 4. The molecule has 0 unspecified atom stereocenters. The Morgan fingerprint density at radius 3 is 2.72 bits per heavy atom. The van der Waals surface area contributed by atoms with Gasteiger partial charge < -0.3 is 0 Å². The Balaban J connectivity index is 0.00000162. The van der Waals surface area contributed by atoms with Gasteiger partial charge in [0, 0.05) is 17.4 Å². The van der Waals surface area contributed by atoms with Gasteiger partial charge in [-0.05, 0) is 0 Å². The number of nitrogens with one attached hydrogen (secondary N) is 2. The molecule has 6 heteroatoms. The molecule has 4 nitrogen and oxygen atoms in total. The fourth-order valence-electron chi connectivity index (χ4n) is 1.28. The number of hydrazine groups is 1. The number of carbonyl (C=O) groups excluding carboxylic acids is 1. The molecule has 0 fully saturated rings. The van der Waals surface area contributed by atoms with E-state index in [0.717, 1.165) is 11.3 Å². The molecule has 1 aromatic carbocycles. The van der Waals surface area contributed by atoms with Gasteiger partial charge in [-0.15, -0.1) is 28.3 Å². The van der Waals surface area contributed by atoms with Gasteiger partial charge in [0.1, 0.15) is 0 Å². The number of thiazole rings is 1. The van der Waals surface area contributed by atoms with Crippen LogP contribution < -0.4 is 10.9 Å². The summed E-state index contributed by atoms with van der Waals surface area (Å²) in [5.41, 5.74) is 7.34. The summed E-state index contributed by atoms with van der Waals surface area (Å²) < 4.78 is 0. The number of halogens is 1. The summed E-state index contributed by atoms with van der Waals surface area (Å²) in [5, 5.41) is 2.64. The Hall–Kier alpha value is -1.40. The van der Waals surface area contributed by atoms with Crippen molar-refractivity contribution in [1.82, 2.24) is 10.4 Å². The third-order valence-corrected chi connectivity index (χ3v) is 2.96. The summed E-state index contributed by atoms with van der Waals surface area (Å²) in [6, 6.07) is 9.92. The second-order valence-electron chi connectivity index (χ2n) is 3.43. The first-order valence-corrected chi connectivity index (χ1v) is 6.23. The molecule has 1 aromatic heterocycles. The minimum atomic E-state index is -0.0542. The lowest BCUT2D eigenvalue weighted by Crippen LogP contribution is -2.28. The van der Waals surface area contributed by atoms with Crippen LogP contribution in [-0.4, -0.2) is 10.9 Å². The van der Waals surface area contributed by atoms with Gasteiger partial charge in [0.15, 0.2) is 0 Å². The summed E-state index contributed by atoms with van der Waals surface area (Å²) in [5.74, 6) is -0.0542. The Morgan fingerprint density at radius 1 is 1.33 bits per heavy atom. The highest BCUT2D eigenvalue weighted by molar-refractivity contribution is 8.93. The smallest absolute Gasteiger partial charge is 0.238 e. The van der Waals surface area contributed by atoms with E-state index < -0.39 is 0 Å². The number of nitrogens with zero attached hydrogens (tertiary/aromatic N) is 1. The summed E-state index contributed by atoms with van der Waals surface area (Å²) >= 11 is 1.46. The lowest BCUT2D eigenvalue weighted by atomic mass is 10.2. The third kappa shape index (κ3) is 3.82. The third-order valence-electron chi connectivity index (χ3n) is 2.20. The zero-order valence-corrected chi connectivity index (χ0v) is 12.4. The average molecular weight is 328 g/mol. The predicted molar refractivity (Wildman–Crippen MR) is 79.9 cm³/mol. The first-order valence-electron chi connectivity index (χ1n) is 5.35. The molecule has 0 atom stereocenters. The second kappa shape index (κ2) is 7.13. The monoisotopic (exact) mass is 327 g/mol. The van der Waals surface area contributed by atoms with E-state index in [0.29, 0.717) is 11.6 Å². The van der Waals surface area contributed by atoms with Crippen molar-refractivity contribution in [2.24, 2.45) is 0 Å². The van der Waals surface area contributed by atoms with Crippen molar-refractivity contribution in [3.05, 3.63) is 35.7 Å². The van der Waals surface area contributed by atoms with E-state index in [1.54, 1.807) is 6.92 Å². The quantitative estimate of drug-likeness (QED) is 0.847. The highest BCUT2D eigenvalue weighted by Crippen LogP contribution is 2.23. The number of hydrogen-bond acceptors (Lipinski definition) is 4. The fraction of sp³-hybridized carbons (Fsp3) is 0.167. The van der Waals surface area contributed by atoms with Crippen molar-refractivity contribution >= 4 is 39.4 Å². The summed E-state index contributed by atoms with van der Waals surface area (Å²) in [6.45, 7) is 1.80. The van der Waals surface area contributed by atoms with E-state index in [1.165, 1.54) is 11.3 Å². The van der Waals surface area contributed by atoms with Crippen molar-refractivity contribution in [1.29, 1.82) is 0 Å². The molecule has 0 bridgehead atoms. The topological polar surface area (TPSA) is 54.0 Å². The SMILES string of the molecule is Br.CCC(=O)NNc1nc(-c2ccccc2)cs1. The number of carbonyl (C=O) groups is 1. The molecule has 0 spiro atoms. The molecular formula is C12H14BrN3OS. The Kier molecular flexibility index (Phi) is 5.80. The number of anilines is 1. The van der Waals surface area contributed by atoms with Gasteiger partial charge in [-0.1, -0.05) is 37.3 Å². The van der Waals surface area contributed by atoms with Gasteiger partial charge in [-0.3, -0.25) is 15.6 Å². The minimum absolute atomic E-state index is 0. The second-order valence-corrected chi connectivity index (χ2v) is 4.29. The van der Waals surface area contributed by atoms with Crippen molar-refractivity contribution < 1.29 is 4.79 Å². The van der Waals surface area contributed by atoms with Crippen LogP contribution >= 0.6 is 28.3 Å². The zero-order valence-electron chi connectivity index (χ0n) is 9.84. The van der Waals surface area contributed by atoms with Crippen LogP contribution in [0.5, 0.6) is 0 Å². The maximum absolute atomic E-state index is 11.1. The van der Waals surface area contributed by atoms with Crippen LogP contribution in [0.4, 0.5) is 5.13 Å². The molecule has 0 aliphatic rings. The van der Waals surface area contributed by atoms with Crippen molar-refractivity contribution in [3.8, 4) is 11.3 Å². The van der Waals surface area contributed by atoms with E-state index in [2.05, 4.69) is 15.8 Å². The minimum Gasteiger partial charge on any atom is -0.273 e. The molecular weight excluding hydrogens is 314 g/mol. The highest BCUT2D eigenvalue weighted by atomic mass is 79.9. The predicted octanol–water partition coefficient (Wildman–Crippen LogP) is 3.24.